The number of fused-ring (bicyclic) bond motifs is 1. The quantitative estimate of drug-likeness (QED) is 0.775. The van der Waals surface area contributed by atoms with Crippen molar-refractivity contribution in [3.63, 3.8) is 0 Å². The van der Waals surface area contributed by atoms with Gasteiger partial charge < -0.3 is 9.51 Å². The summed E-state index contributed by atoms with van der Waals surface area (Å²) >= 11 is 0. The average molecular weight is 260 g/mol. The number of rotatable bonds is 0. The number of hydrogen-bond donors (Lipinski definition) is 1. The number of carboxylic acid groups (broad SMARTS) is 1. The van der Waals surface area contributed by atoms with Crippen LogP contribution in [0.4, 0.5) is 13.2 Å². The first-order valence-corrected chi connectivity index (χ1v) is 4.53. The molecule has 0 unspecified atom stereocenters. The number of halogens is 3. The first-order valence-electron chi connectivity index (χ1n) is 4.53. The topological polar surface area (TPSA) is 71.7 Å². The molecule has 0 fully saturated rings. The number of alkyl halides is 3. The molecule has 0 aliphatic carbocycles. The second-order valence-corrected chi connectivity index (χ2v) is 3.07. The summed E-state index contributed by atoms with van der Waals surface area (Å²) in [5.41, 5.74) is 0.831. The highest BCUT2D eigenvalue weighted by molar-refractivity contribution is 5.73. The molecule has 96 valence electrons. The van der Waals surface area contributed by atoms with Crippen molar-refractivity contribution in [1.29, 1.82) is 0 Å². The Morgan fingerprint density at radius 2 is 1.94 bits per heavy atom. The molecule has 0 atom stereocenters. The fraction of sp³-hybridized carbons (Fsp3) is 0.100. The van der Waals surface area contributed by atoms with Crippen molar-refractivity contribution in [1.82, 2.24) is 9.38 Å². The third kappa shape index (κ3) is 3.89. The molecule has 0 aliphatic heterocycles. The lowest BCUT2D eigenvalue weighted by Gasteiger charge is -1.95. The van der Waals surface area contributed by atoms with E-state index in [-0.39, 0.29) is 5.43 Å². The van der Waals surface area contributed by atoms with Gasteiger partial charge in [-0.1, -0.05) is 0 Å². The zero-order valence-corrected chi connectivity index (χ0v) is 8.76. The van der Waals surface area contributed by atoms with Crippen molar-refractivity contribution in [2.45, 2.75) is 6.18 Å². The van der Waals surface area contributed by atoms with Crippen molar-refractivity contribution in [3.05, 3.63) is 47.1 Å². The number of hydrogen-bond acceptors (Lipinski definition) is 3. The molecule has 2 rings (SSSR count). The van der Waals surface area contributed by atoms with Crippen molar-refractivity contribution in [2.24, 2.45) is 0 Å². The highest BCUT2D eigenvalue weighted by atomic mass is 19.4. The highest BCUT2D eigenvalue weighted by Gasteiger charge is 2.38. The molecule has 0 bridgehead atoms. The van der Waals surface area contributed by atoms with Crippen molar-refractivity contribution in [2.75, 3.05) is 0 Å². The summed E-state index contributed by atoms with van der Waals surface area (Å²) in [7, 11) is 0. The maximum atomic E-state index is 10.8. The normalized spacial score (nSPS) is 10.6. The van der Waals surface area contributed by atoms with E-state index in [9.17, 15) is 18.0 Å². The fourth-order valence-corrected chi connectivity index (χ4v) is 0.978. The van der Waals surface area contributed by atoms with Crippen LogP contribution in [0.3, 0.4) is 0 Å². The molecular weight excluding hydrogens is 253 g/mol. The molecule has 1 N–H and O–H groups in total. The predicted octanol–water partition coefficient (Wildman–Crippen LogP) is 1.33. The van der Waals surface area contributed by atoms with Gasteiger partial charge in [0.05, 0.1) is 11.7 Å². The van der Waals surface area contributed by atoms with Gasteiger partial charge in [0, 0.05) is 30.7 Å². The smallest absolute Gasteiger partial charge is 0.475 e. The van der Waals surface area contributed by atoms with Gasteiger partial charge in [-0.05, 0) is 0 Å². The van der Waals surface area contributed by atoms with E-state index in [1.807, 2.05) is 4.40 Å². The van der Waals surface area contributed by atoms with E-state index >= 15 is 0 Å². The molecule has 2 aromatic heterocycles. The van der Waals surface area contributed by atoms with E-state index in [1.54, 1.807) is 30.9 Å². The molecule has 2 aromatic rings. The molecule has 0 aliphatic rings. The lowest BCUT2D eigenvalue weighted by Crippen LogP contribution is -2.21. The summed E-state index contributed by atoms with van der Waals surface area (Å²) in [6, 6.07) is 3.07. The standard InChI is InChI=1S/C8H6N2O.C2HF3O2/c11-8-1-3-10-4-2-9-6-7(10)5-8;3-2(4,5)1(6)7/h1-6H;(H,6,7). The van der Waals surface area contributed by atoms with Crippen LogP contribution < -0.4 is 5.43 Å². The fourth-order valence-electron chi connectivity index (χ4n) is 0.978. The van der Waals surface area contributed by atoms with Crippen LogP contribution in [0.2, 0.25) is 0 Å². The van der Waals surface area contributed by atoms with Gasteiger partial charge in [0.2, 0.25) is 0 Å². The first-order chi connectivity index (χ1) is 8.30. The Morgan fingerprint density at radius 1 is 1.33 bits per heavy atom. The monoisotopic (exact) mass is 260 g/mol. The van der Waals surface area contributed by atoms with Gasteiger partial charge in [-0.25, -0.2) is 4.79 Å². The zero-order chi connectivity index (χ0) is 13.8. The molecular formula is C10H7F3N2O3. The van der Waals surface area contributed by atoms with E-state index in [0.29, 0.717) is 0 Å². The van der Waals surface area contributed by atoms with Gasteiger partial charge in [-0.3, -0.25) is 9.78 Å². The van der Waals surface area contributed by atoms with Crippen LogP contribution in [0, 0.1) is 0 Å². The third-order valence-corrected chi connectivity index (χ3v) is 1.75. The van der Waals surface area contributed by atoms with Crippen molar-refractivity contribution < 1.29 is 23.1 Å². The molecule has 18 heavy (non-hydrogen) atoms. The summed E-state index contributed by atoms with van der Waals surface area (Å²) in [6.45, 7) is 0. The SMILES string of the molecule is O=C(O)C(F)(F)F.O=c1ccn2ccncc2c1. The average Bonchev–Trinajstić information content (AvgIpc) is 2.28. The maximum Gasteiger partial charge on any atom is 0.490 e. The summed E-state index contributed by atoms with van der Waals surface area (Å²) in [5.74, 6) is -2.76. The largest absolute Gasteiger partial charge is 0.490 e. The van der Waals surface area contributed by atoms with Crippen LogP contribution in [0.15, 0.2) is 41.7 Å². The summed E-state index contributed by atoms with van der Waals surface area (Å²) < 4.78 is 33.6. The minimum atomic E-state index is -5.08. The summed E-state index contributed by atoms with van der Waals surface area (Å²) in [4.78, 5) is 23.6. The number of aliphatic carboxylic acids is 1. The van der Waals surface area contributed by atoms with Gasteiger partial charge in [-0.15, -0.1) is 0 Å². The van der Waals surface area contributed by atoms with Crippen LogP contribution in [-0.2, 0) is 4.79 Å². The van der Waals surface area contributed by atoms with E-state index in [0.717, 1.165) is 5.52 Å². The molecule has 0 spiro atoms. The molecule has 0 radical (unpaired) electrons. The molecule has 0 aromatic carbocycles. The number of carbonyl (C=O) groups is 1. The predicted molar refractivity (Wildman–Crippen MR) is 55.2 cm³/mol. The van der Waals surface area contributed by atoms with Gasteiger partial charge in [-0.2, -0.15) is 13.2 Å². The van der Waals surface area contributed by atoms with Gasteiger partial charge >= 0.3 is 12.1 Å². The van der Waals surface area contributed by atoms with Crippen molar-refractivity contribution in [3.8, 4) is 0 Å². The van der Waals surface area contributed by atoms with Crippen LogP contribution in [0.1, 0.15) is 0 Å². The first kappa shape index (κ1) is 13.7. The second kappa shape index (κ2) is 5.30. The lowest BCUT2D eigenvalue weighted by atomic mass is 10.4. The van der Waals surface area contributed by atoms with Gasteiger partial charge in [0.1, 0.15) is 0 Å². The van der Waals surface area contributed by atoms with E-state index in [2.05, 4.69) is 4.98 Å². The lowest BCUT2D eigenvalue weighted by molar-refractivity contribution is -0.192. The Bertz CT molecular complexity index is 607. The number of carboxylic acids is 1. The second-order valence-electron chi connectivity index (χ2n) is 3.07. The van der Waals surface area contributed by atoms with E-state index in [1.165, 1.54) is 6.07 Å². The van der Waals surface area contributed by atoms with Crippen LogP contribution >= 0.6 is 0 Å². The van der Waals surface area contributed by atoms with Crippen LogP contribution in [0.5, 0.6) is 0 Å². The van der Waals surface area contributed by atoms with Crippen LogP contribution in [-0.4, -0.2) is 26.6 Å². The third-order valence-electron chi connectivity index (χ3n) is 1.75. The number of aromatic nitrogens is 2. The molecule has 2 heterocycles. The Labute approximate surface area is 98.1 Å². The van der Waals surface area contributed by atoms with Gasteiger partial charge in [0.15, 0.2) is 5.43 Å². The number of pyridine rings is 1. The highest BCUT2D eigenvalue weighted by Crippen LogP contribution is 2.13. The molecule has 0 saturated heterocycles. The molecule has 8 heteroatoms. The molecule has 0 amide bonds. The van der Waals surface area contributed by atoms with Gasteiger partial charge in [0.25, 0.3) is 0 Å². The number of nitrogens with zero attached hydrogens (tertiary/aromatic N) is 2. The Kier molecular flexibility index (Phi) is 4.03. The Morgan fingerprint density at radius 3 is 2.50 bits per heavy atom. The Hall–Kier alpha value is -2.38. The van der Waals surface area contributed by atoms with Crippen LogP contribution in [0.25, 0.3) is 5.52 Å². The Balaban J connectivity index is 0.000000203. The minimum Gasteiger partial charge on any atom is -0.475 e. The molecule has 5 nitrogen and oxygen atoms in total. The molecule has 0 saturated carbocycles. The summed E-state index contributed by atoms with van der Waals surface area (Å²) in [6.07, 6.45) is 1.77. The minimum absolute atomic E-state index is 0.0120. The van der Waals surface area contributed by atoms with Crippen molar-refractivity contribution >= 4 is 11.5 Å². The maximum absolute atomic E-state index is 10.8. The zero-order valence-electron chi connectivity index (χ0n) is 8.76. The van der Waals surface area contributed by atoms with E-state index < -0.39 is 12.1 Å². The van der Waals surface area contributed by atoms with E-state index in [4.69, 9.17) is 9.90 Å². The summed E-state index contributed by atoms with van der Waals surface area (Å²) in [5, 5.41) is 7.12.